The summed E-state index contributed by atoms with van der Waals surface area (Å²) < 4.78 is 1.32. The van der Waals surface area contributed by atoms with E-state index in [1.54, 1.807) is 0 Å². The first-order chi connectivity index (χ1) is 12.7. The number of carbonyl (C=O) groups is 1. The largest absolute Gasteiger partial charge is 0.320 e. The van der Waals surface area contributed by atoms with Gasteiger partial charge in [0.2, 0.25) is 0 Å². The van der Waals surface area contributed by atoms with Crippen molar-refractivity contribution in [3.63, 3.8) is 0 Å². The van der Waals surface area contributed by atoms with Crippen LogP contribution in [0.5, 0.6) is 0 Å². The number of anilines is 1. The summed E-state index contributed by atoms with van der Waals surface area (Å²) in [5.41, 5.74) is 2.97. The summed E-state index contributed by atoms with van der Waals surface area (Å²) >= 11 is 0. The zero-order chi connectivity index (χ0) is 18.4. The molecule has 5 nitrogen and oxygen atoms in total. The topological polar surface area (TPSA) is 64.0 Å². The Balaban J connectivity index is 1.82. The maximum atomic E-state index is 12.6. The lowest BCUT2D eigenvalue weighted by atomic mass is 10.0. The molecule has 0 bridgehead atoms. The SMILES string of the molecule is CCCn1nc(C(=O)Nc2ccccc2Cc2ccccc2)ccc1=O. The third-order valence-corrected chi connectivity index (χ3v) is 4.04. The Morgan fingerprint density at radius 3 is 2.50 bits per heavy atom. The smallest absolute Gasteiger partial charge is 0.276 e. The second kappa shape index (κ2) is 8.25. The molecule has 2 aromatic carbocycles. The highest BCUT2D eigenvalue weighted by molar-refractivity contribution is 6.03. The van der Waals surface area contributed by atoms with Gasteiger partial charge in [-0.2, -0.15) is 5.10 Å². The molecule has 5 heteroatoms. The normalized spacial score (nSPS) is 10.5. The summed E-state index contributed by atoms with van der Waals surface area (Å²) in [6.07, 6.45) is 1.50. The first-order valence-electron chi connectivity index (χ1n) is 8.68. The first-order valence-corrected chi connectivity index (χ1v) is 8.68. The van der Waals surface area contributed by atoms with E-state index in [9.17, 15) is 9.59 Å². The van der Waals surface area contributed by atoms with Crippen molar-refractivity contribution in [2.75, 3.05) is 5.32 Å². The number of hydrogen-bond acceptors (Lipinski definition) is 3. The fourth-order valence-corrected chi connectivity index (χ4v) is 2.74. The third kappa shape index (κ3) is 4.25. The van der Waals surface area contributed by atoms with Crippen molar-refractivity contribution in [2.24, 2.45) is 0 Å². The number of aromatic nitrogens is 2. The summed E-state index contributed by atoms with van der Waals surface area (Å²) in [5, 5.41) is 7.08. The van der Waals surface area contributed by atoms with E-state index in [1.165, 1.54) is 22.4 Å². The Morgan fingerprint density at radius 1 is 1.00 bits per heavy atom. The Labute approximate surface area is 152 Å². The third-order valence-electron chi connectivity index (χ3n) is 4.04. The van der Waals surface area contributed by atoms with Gasteiger partial charge in [-0.05, 0) is 36.1 Å². The number of aryl methyl sites for hydroxylation is 1. The van der Waals surface area contributed by atoms with Crippen LogP contribution in [0.1, 0.15) is 35.0 Å². The molecule has 3 rings (SSSR count). The van der Waals surface area contributed by atoms with Crippen molar-refractivity contribution in [2.45, 2.75) is 26.3 Å². The fourth-order valence-electron chi connectivity index (χ4n) is 2.74. The van der Waals surface area contributed by atoms with Crippen LogP contribution in [-0.2, 0) is 13.0 Å². The molecule has 26 heavy (non-hydrogen) atoms. The molecule has 1 aromatic heterocycles. The van der Waals surface area contributed by atoms with Crippen molar-refractivity contribution in [1.82, 2.24) is 9.78 Å². The Hall–Kier alpha value is -3.21. The van der Waals surface area contributed by atoms with Gasteiger partial charge in [0, 0.05) is 18.3 Å². The Bertz CT molecular complexity index is 949. The highest BCUT2D eigenvalue weighted by Crippen LogP contribution is 2.19. The van der Waals surface area contributed by atoms with Crippen molar-refractivity contribution in [3.8, 4) is 0 Å². The minimum Gasteiger partial charge on any atom is -0.320 e. The van der Waals surface area contributed by atoms with E-state index >= 15 is 0 Å². The zero-order valence-corrected chi connectivity index (χ0v) is 14.7. The van der Waals surface area contributed by atoms with E-state index in [4.69, 9.17) is 0 Å². The molecule has 0 saturated carbocycles. The molecular weight excluding hydrogens is 326 g/mol. The summed E-state index contributed by atoms with van der Waals surface area (Å²) in [5.74, 6) is -0.324. The maximum Gasteiger partial charge on any atom is 0.276 e. The van der Waals surface area contributed by atoms with Crippen LogP contribution in [0.2, 0.25) is 0 Å². The van der Waals surface area contributed by atoms with Crippen LogP contribution in [0.3, 0.4) is 0 Å². The average Bonchev–Trinajstić information content (AvgIpc) is 2.66. The molecule has 3 aromatic rings. The summed E-state index contributed by atoms with van der Waals surface area (Å²) in [6.45, 7) is 2.45. The van der Waals surface area contributed by atoms with Gasteiger partial charge < -0.3 is 5.32 Å². The van der Waals surface area contributed by atoms with Gasteiger partial charge in [0.05, 0.1) is 0 Å². The van der Waals surface area contributed by atoms with Crippen molar-refractivity contribution >= 4 is 11.6 Å². The second-order valence-electron chi connectivity index (χ2n) is 6.05. The standard InChI is InChI=1S/C21H21N3O2/c1-2-14-24-20(25)13-12-19(23-24)21(26)22-18-11-7-6-10-17(18)15-16-8-4-3-5-9-16/h3-13H,2,14-15H2,1H3,(H,22,26). The number of para-hydroxylation sites is 1. The molecule has 0 unspecified atom stereocenters. The fraction of sp³-hybridized carbons (Fsp3) is 0.190. The van der Waals surface area contributed by atoms with Crippen LogP contribution in [0.25, 0.3) is 0 Å². The number of nitrogens with one attached hydrogen (secondary N) is 1. The van der Waals surface area contributed by atoms with Crippen molar-refractivity contribution in [3.05, 3.63) is 93.9 Å². The molecule has 0 radical (unpaired) electrons. The molecule has 1 heterocycles. The molecule has 132 valence electrons. The number of rotatable bonds is 6. The quantitative estimate of drug-likeness (QED) is 0.742. The number of benzene rings is 2. The molecule has 0 aliphatic heterocycles. The van der Waals surface area contributed by atoms with Crippen LogP contribution in [0.15, 0.2) is 71.5 Å². The van der Waals surface area contributed by atoms with Crippen LogP contribution >= 0.6 is 0 Å². The van der Waals surface area contributed by atoms with Crippen LogP contribution < -0.4 is 10.9 Å². The van der Waals surface area contributed by atoms with Gasteiger partial charge in [-0.15, -0.1) is 0 Å². The molecule has 0 aliphatic rings. The van der Waals surface area contributed by atoms with Gasteiger partial charge in [0.1, 0.15) is 5.69 Å². The summed E-state index contributed by atoms with van der Waals surface area (Å²) in [4.78, 5) is 24.4. The average molecular weight is 347 g/mol. The lowest BCUT2D eigenvalue weighted by Gasteiger charge is -2.11. The maximum absolute atomic E-state index is 12.6. The monoisotopic (exact) mass is 347 g/mol. The van der Waals surface area contributed by atoms with Gasteiger partial charge in [-0.1, -0.05) is 55.5 Å². The molecule has 0 saturated heterocycles. The number of nitrogens with zero attached hydrogens (tertiary/aromatic N) is 2. The molecule has 0 atom stereocenters. The lowest BCUT2D eigenvalue weighted by molar-refractivity contribution is 0.101. The van der Waals surface area contributed by atoms with Crippen LogP contribution in [0.4, 0.5) is 5.69 Å². The van der Waals surface area contributed by atoms with E-state index in [2.05, 4.69) is 22.5 Å². The summed E-state index contributed by atoms with van der Waals surface area (Å²) in [6, 6.07) is 20.6. The van der Waals surface area contributed by atoms with E-state index in [0.29, 0.717) is 6.54 Å². The van der Waals surface area contributed by atoms with E-state index in [0.717, 1.165) is 24.1 Å². The van der Waals surface area contributed by atoms with Gasteiger partial charge >= 0.3 is 0 Å². The second-order valence-corrected chi connectivity index (χ2v) is 6.05. The van der Waals surface area contributed by atoms with Crippen molar-refractivity contribution < 1.29 is 4.79 Å². The van der Waals surface area contributed by atoms with Gasteiger partial charge in [-0.3, -0.25) is 9.59 Å². The predicted octanol–water partition coefficient (Wildman–Crippen LogP) is 3.50. The summed E-state index contributed by atoms with van der Waals surface area (Å²) in [7, 11) is 0. The lowest BCUT2D eigenvalue weighted by Crippen LogP contribution is -2.26. The highest BCUT2D eigenvalue weighted by Gasteiger charge is 2.12. The Kier molecular flexibility index (Phi) is 5.59. The van der Waals surface area contributed by atoms with E-state index in [-0.39, 0.29) is 17.2 Å². The van der Waals surface area contributed by atoms with Crippen molar-refractivity contribution in [1.29, 1.82) is 0 Å². The molecule has 1 N–H and O–H groups in total. The van der Waals surface area contributed by atoms with E-state index < -0.39 is 0 Å². The molecular formula is C21H21N3O2. The number of amides is 1. The van der Waals surface area contributed by atoms with Gasteiger partial charge in [-0.25, -0.2) is 4.68 Å². The minimum atomic E-state index is -0.324. The molecule has 0 aliphatic carbocycles. The Morgan fingerprint density at radius 2 is 1.73 bits per heavy atom. The predicted molar refractivity (Wildman–Crippen MR) is 102 cm³/mol. The first kappa shape index (κ1) is 17.6. The highest BCUT2D eigenvalue weighted by atomic mass is 16.2. The number of carbonyl (C=O) groups excluding carboxylic acids is 1. The molecule has 1 amide bonds. The van der Waals surface area contributed by atoms with Crippen LogP contribution in [-0.4, -0.2) is 15.7 Å². The molecule has 0 spiro atoms. The van der Waals surface area contributed by atoms with Crippen LogP contribution in [0, 0.1) is 0 Å². The van der Waals surface area contributed by atoms with E-state index in [1.807, 2.05) is 49.4 Å². The van der Waals surface area contributed by atoms with Gasteiger partial charge in [0.25, 0.3) is 11.5 Å². The minimum absolute atomic E-state index is 0.201. The number of hydrogen-bond donors (Lipinski definition) is 1. The molecule has 0 fully saturated rings. The van der Waals surface area contributed by atoms with Gasteiger partial charge in [0.15, 0.2) is 0 Å². The zero-order valence-electron chi connectivity index (χ0n) is 14.7.